The first-order chi connectivity index (χ1) is 8.25. The first-order valence-electron chi connectivity index (χ1n) is 5.82. The van der Waals surface area contributed by atoms with Gasteiger partial charge in [-0.25, -0.2) is 0 Å². The van der Waals surface area contributed by atoms with E-state index in [9.17, 15) is 9.59 Å². The van der Waals surface area contributed by atoms with Gasteiger partial charge in [-0.2, -0.15) is 0 Å². The smallest absolute Gasteiger partial charge is 0.309 e. The van der Waals surface area contributed by atoms with Crippen LogP contribution in [-0.4, -0.2) is 23.5 Å². The second-order valence-corrected chi connectivity index (χ2v) is 6.11. The van der Waals surface area contributed by atoms with Crippen molar-refractivity contribution in [2.75, 3.05) is 6.54 Å². The Labute approximate surface area is 111 Å². The van der Waals surface area contributed by atoms with E-state index in [4.69, 9.17) is 5.11 Å². The molecule has 1 rings (SSSR count). The molecule has 0 atom stereocenters. The second kappa shape index (κ2) is 5.52. The van der Waals surface area contributed by atoms with Gasteiger partial charge in [-0.3, -0.25) is 9.59 Å². The lowest BCUT2D eigenvalue weighted by atomic mass is 9.90. The maximum Gasteiger partial charge on any atom is 0.309 e. The maximum atomic E-state index is 11.9. The molecule has 1 aromatic rings. The highest BCUT2D eigenvalue weighted by Crippen LogP contribution is 2.21. The molecule has 1 amide bonds. The molecule has 0 saturated heterocycles. The van der Waals surface area contributed by atoms with Gasteiger partial charge in [-0.1, -0.05) is 0 Å². The molecule has 1 aromatic heterocycles. The number of rotatable bonds is 5. The minimum Gasteiger partial charge on any atom is -0.481 e. The van der Waals surface area contributed by atoms with Crippen LogP contribution in [0.4, 0.5) is 0 Å². The Kier molecular flexibility index (Phi) is 4.51. The average Bonchev–Trinajstić information content (AvgIpc) is 2.59. The van der Waals surface area contributed by atoms with E-state index in [1.807, 2.05) is 19.2 Å². The van der Waals surface area contributed by atoms with Crippen LogP contribution in [0.5, 0.6) is 0 Å². The summed E-state index contributed by atoms with van der Waals surface area (Å²) < 4.78 is 0. The van der Waals surface area contributed by atoms with Gasteiger partial charge in [0, 0.05) is 16.8 Å². The molecule has 0 unspecified atom stereocenters. The third kappa shape index (κ3) is 3.32. The highest BCUT2D eigenvalue weighted by molar-refractivity contribution is 7.10. The van der Waals surface area contributed by atoms with Crippen LogP contribution >= 0.6 is 11.3 Å². The van der Waals surface area contributed by atoms with Crippen LogP contribution < -0.4 is 5.32 Å². The summed E-state index contributed by atoms with van der Waals surface area (Å²) in [4.78, 5) is 23.9. The zero-order chi connectivity index (χ0) is 13.9. The number of hydrogen-bond donors (Lipinski definition) is 2. The van der Waals surface area contributed by atoms with Gasteiger partial charge in [-0.05, 0) is 39.7 Å². The van der Waals surface area contributed by atoms with E-state index >= 15 is 0 Å². The minimum absolute atomic E-state index is 0.127. The molecule has 0 spiro atoms. The Morgan fingerprint density at radius 3 is 2.44 bits per heavy atom. The number of carbonyl (C=O) groups excluding carboxylic acids is 1. The lowest BCUT2D eigenvalue weighted by Gasteiger charge is -2.18. The standard InChI is InChI=1S/C13H19NO3S/c1-8-9(2)18-7-10(8)11(15)14-6-5-13(3,4)12(16)17/h7H,5-6H2,1-4H3,(H,14,15)(H,16,17). The highest BCUT2D eigenvalue weighted by Gasteiger charge is 2.26. The van der Waals surface area contributed by atoms with E-state index in [0.717, 1.165) is 10.4 Å². The van der Waals surface area contributed by atoms with Crippen molar-refractivity contribution in [3.05, 3.63) is 21.4 Å². The van der Waals surface area contributed by atoms with Gasteiger partial charge in [0.1, 0.15) is 0 Å². The van der Waals surface area contributed by atoms with E-state index in [2.05, 4.69) is 5.32 Å². The van der Waals surface area contributed by atoms with Crippen LogP contribution in [-0.2, 0) is 4.79 Å². The molecule has 0 aliphatic heterocycles. The fourth-order valence-corrected chi connectivity index (χ4v) is 2.29. The summed E-state index contributed by atoms with van der Waals surface area (Å²) in [6, 6.07) is 0. The van der Waals surface area contributed by atoms with Gasteiger partial charge in [0.25, 0.3) is 5.91 Å². The zero-order valence-corrected chi connectivity index (χ0v) is 12.0. The predicted octanol–water partition coefficient (Wildman–Crippen LogP) is 2.60. The zero-order valence-electron chi connectivity index (χ0n) is 11.2. The van der Waals surface area contributed by atoms with Crippen molar-refractivity contribution < 1.29 is 14.7 Å². The van der Waals surface area contributed by atoms with E-state index < -0.39 is 11.4 Å². The van der Waals surface area contributed by atoms with Crippen molar-refractivity contribution in [3.63, 3.8) is 0 Å². The molecule has 5 heteroatoms. The third-order valence-corrected chi connectivity index (χ3v) is 4.16. The molecule has 1 heterocycles. The Morgan fingerprint density at radius 2 is 2.00 bits per heavy atom. The van der Waals surface area contributed by atoms with E-state index in [1.165, 1.54) is 0 Å². The highest BCUT2D eigenvalue weighted by atomic mass is 32.1. The first kappa shape index (κ1) is 14.7. The summed E-state index contributed by atoms with van der Waals surface area (Å²) >= 11 is 1.55. The van der Waals surface area contributed by atoms with Crippen LogP contribution in [0.1, 0.15) is 41.1 Å². The lowest BCUT2D eigenvalue weighted by Crippen LogP contribution is -2.32. The average molecular weight is 269 g/mol. The Bertz CT molecular complexity index is 463. The van der Waals surface area contributed by atoms with Crippen LogP contribution in [0, 0.1) is 19.3 Å². The second-order valence-electron chi connectivity index (χ2n) is 5.03. The normalized spacial score (nSPS) is 11.3. The van der Waals surface area contributed by atoms with Crippen LogP contribution in [0.3, 0.4) is 0 Å². The number of aryl methyl sites for hydroxylation is 1. The number of hydrogen-bond acceptors (Lipinski definition) is 3. The largest absolute Gasteiger partial charge is 0.481 e. The van der Waals surface area contributed by atoms with Crippen molar-refractivity contribution in [2.24, 2.45) is 5.41 Å². The number of nitrogens with one attached hydrogen (secondary N) is 1. The molecule has 0 aromatic carbocycles. The van der Waals surface area contributed by atoms with Crippen molar-refractivity contribution >= 4 is 23.2 Å². The van der Waals surface area contributed by atoms with Gasteiger partial charge in [0.15, 0.2) is 0 Å². The molecule has 100 valence electrons. The number of carbonyl (C=O) groups is 2. The SMILES string of the molecule is Cc1scc(C(=O)NCCC(C)(C)C(=O)O)c1C. The number of thiophene rings is 1. The molecular formula is C13H19NO3S. The summed E-state index contributed by atoms with van der Waals surface area (Å²) in [5.41, 5.74) is 0.869. The molecule has 0 fully saturated rings. The molecular weight excluding hydrogens is 250 g/mol. The molecule has 0 bridgehead atoms. The third-order valence-electron chi connectivity index (χ3n) is 3.14. The van der Waals surface area contributed by atoms with Gasteiger partial charge < -0.3 is 10.4 Å². The summed E-state index contributed by atoms with van der Waals surface area (Å²) in [7, 11) is 0. The van der Waals surface area contributed by atoms with Crippen molar-refractivity contribution in [2.45, 2.75) is 34.1 Å². The molecule has 0 aliphatic rings. The van der Waals surface area contributed by atoms with Crippen molar-refractivity contribution in [1.82, 2.24) is 5.32 Å². The summed E-state index contributed by atoms with van der Waals surface area (Å²) in [5, 5.41) is 13.6. The maximum absolute atomic E-state index is 11.9. The fourth-order valence-electron chi connectivity index (χ4n) is 1.43. The fraction of sp³-hybridized carbons (Fsp3) is 0.538. The van der Waals surface area contributed by atoms with E-state index in [1.54, 1.807) is 25.2 Å². The number of carboxylic acids is 1. The topological polar surface area (TPSA) is 66.4 Å². The molecule has 0 aliphatic carbocycles. The molecule has 18 heavy (non-hydrogen) atoms. The lowest BCUT2D eigenvalue weighted by molar-refractivity contribution is -0.147. The van der Waals surface area contributed by atoms with Gasteiger partial charge in [-0.15, -0.1) is 11.3 Å². The van der Waals surface area contributed by atoms with Crippen molar-refractivity contribution in [1.29, 1.82) is 0 Å². The number of aliphatic carboxylic acids is 1. The Morgan fingerprint density at radius 1 is 1.39 bits per heavy atom. The molecule has 4 nitrogen and oxygen atoms in total. The van der Waals surface area contributed by atoms with Gasteiger partial charge in [0.2, 0.25) is 0 Å². The molecule has 2 N–H and O–H groups in total. The van der Waals surface area contributed by atoms with E-state index in [0.29, 0.717) is 18.5 Å². The number of amides is 1. The number of carboxylic acid groups (broad SMARTS) is 1. The van der Waals surface area contributed by atoms with Gasteiger partial charge in [0.05, 0.1) is 11.0 Å². The minimum atomic E-state index is -0.848. The Hall–Kier alpha value is -1.36. The van der Waals surface area contributed by atoms with Crippen LogP contribution in [0.25, 0.3) is 0 Å². The quantitative estimate of drug-likeness (QED) is 0.863. The first-order valence-corrected chi connectivity index (χ1v) is 6.70. The predicted molar refractivity (Wildman–Crippen MR) is 72.2 cm³/mol. The Balaban J connectivity index is 2.53. The van der Waals surface area contributed by atoms with Gasteiger partial charge >= 0.3 is 5.97 Å². The van der Waals surface area contributed by atoms with Crippen molar-refractivity contribution in [3.8, 4) is 0 Å². The summed E-state index contributed by atoms with van der Waals surface area (Å²) in [6.07, 6.45) is 0.413. The summed E-state index contributed by atoms with van der Waals surface area (Å²) in [6.45, 7) is 7.57. The molecule has 0 saturated carbocycles. The van der Waals surface area contributed by atoms with E-state index in [-0.39, 0.29) is 5.91 Å². The van der Waals surface area contributed by atoms with Crippen LogP contribution in [0.2, 0.25) is 0 Å². The van der Waals surface area contributed by atoms with Crippen LogP contribution in [0.15, 0.2) is 5.38 Å². The summed E-state index contributed by atoms with van der Waals surface area (Å²) in [5.74, 6) is -0.975. The monoisotopic (exact) mass is 269 g/mol. The molecule has 0 radical (unpaired) electrons.